The van der Waals surface area contributed by atoms with Crippen molar-refractivity contribution in [3.63, 3.8) is 0 Å². The van der Waals surface area contributed by atoms with Gasteiger partial charge in [0.15, 0.2) is 9.84 Å². The van der Waals surface area contributed by atoms with Crippen LogP contribution < -0.4 is 4.90 Å². The molecule has 0 fully saturated rings. The Morgan fingerprint density at radius 3 is 2.12 bits per heavy atom. The van der Waals surface area contributed by atoms with Crippen molar-refractivity contribution in [2.75, 3.05) is 17.3 Å². The van der Waals surface area contributed by atoms with Gasteiger partial charge in [-0.1, -0.05) is 59.7 Å². The zero-order chi connectivity index (χ0) is 24.5. The highest BCUT2D eigenvalue weighted by Gasteiger charge is 2.38. The molecule has 6 nitrogen and oxygen atoms in total. The first-order valence-corrected chi connectivity index (χ1v) is 12.8. The normalized spacial score (nSPS) is 15.5. The summed E-state index contributed by atoms with van der Waals surface area (Å²) in [6.45, 7) is 5.66. The quantitative estimate of drug-likeness (QED) is 0.551. The van der Waals surface area contributed by atoms with Crippen molar-refractivity contribution in [3.05, 3.63) is 95.1 Å². The van der Waals surface area contributed by atoms with Gasteiger partial charge in [-0.2, -0.15) is 0 Å². The number of rotatable bonds is 5. The van der Waals surface area contributed by atoms with Gasteiger partial charge in [0.25, 0.3) is 5.91 Å². The second-order valence-electron chi connectivity index (χ2n) is 8.72. The molecule has 2 amide bonds. The zero-order valence-corrected chi connectivity index (χ0v) is 20.4. The molecule has 1 heterocycles. The van der Waals surface area contributed by atoms with Crippen LogP contribution >= 0.6 is 0 Å². The van der Waals surface area contributed by atoms with Crippen LogP contribution in [0.3, 0.4) is 0 Å². The summed E-state index contributed by atoms with van der Waals surface area (Å²) < 4.78 is 26.2. The van der Waals surface area contributed by atoms with E-state index in [9.17, 15) is 18.0 Å². The lowest BCUT2D eigenvalue weighted by molar-refractivity contribution is -0.143. The van der Waals surface area contributed by atoms with Gasteiger partial charge >= 0.3 is 0 Å². The number of carbonyl (C=O) groups is 2. The third kappa shape index (κ3) is 4.75. The molecule has 0 N–H and O–H groups in total. The zero-order valence-electron chi connectivity index (χ0n) is 19.6. The van der Waals surface area contributed by atoms with E-state index in [1.54, 1.807) is 12.1 Å². The Morgan fingerprint density at radius 2 is 1.50 bits per heavy atom. The minimum atomic E-state index is -3.90. The number of sulfone groups is 1. The molecular formula is C27H28N2O4S. The largest absolute Gasteiger partial charge is 0.356 e. The molecule has 0 radical (unpaired) electrons. The van der Waals surface area contributed by atoms with Crippen LogP contribution in [0.15, 0.2) is 77.7 Å². The molecule has 3 aromatic carbocycles. The van der Waals surface area contributed by atoms with Gasteiger partial charge in [0.05, 0.1) is 4.90 Å². The number of hydrogen-bond acceptors (Lipinski definition) is 5. The predicted octanol–water partition coefficient (Wildman–Crippen LogP) is 4.21. The summed E-state index contributed by atoms with van der Waals surface area (Å²) in [5.74, 6) is -1.85. The second-order valence-corrected chi connectivity index (χ2v) is 10.7. The topological polar surface area (TPSA) is 74.8 Å². The van der Waals surface area contributed by atoms with Crippen molar-refractivity contribution in [1.82, 2.24) is 4.90 Å². The monoisotopic (exact) mass is 476 g/mol. The predicted molar refractivity (Wildman–Crippen MR) is 132 cm³/mol. The van der Waals surface area contributed by atoms with E-state index >= 15 is 0 Å². The number of fused-ring (bicyclic) bond motifs is 1. The van der Waals surface area contributed by atoms with Gasteiger partial charge in [-0.15, -0.1) is 0 Å². The van der Waals surface area contributed by atoms with Gasteiger partial charge in [-0.05, 0) is 55.7 Å². The lowest BCUT2D eigenvalue weighted by Crippen LogP contribution is -2.49. The Morgan fingerprint density at radius 1 is 0.912 bits per heavy atom. The molecular weight excluding hydrogens is 448 g/mol. The number of imide groups is 1. The SMILES string of the molecule is CC(=O)N(CS(=O)(=O)c1ccc(C)cc1)C(=O)C1c2ccccc2CCN1c1ccc(C)cc1. The van der Waals surface area contributed by atoms with Crippen molar-refractivity contribution < 1.29 is 18.0 Å². The maximum atomic E-state index is 13.9. The molecule has 0 aromatic heterocycles. The third-order valence-electron chi connectivity index (χ3n) is 6.21. The van der Waals surface area contributed by atoms with Crippen LogP contribution in [0.4, 0.5) is 5.69 Å². The molecule has 176 valence electrons. The van der Waals surface area contributed by atoms with E-state index in [-0.39, 0.29) is 4.90 Å². The minimum absolute atomic E-state index is 0.0802. The van der Waals surface area contributed by atoms with Crippen molar-refractivity contribution in [3.8, 4) is 0 Å². The van der Waals surface area contributed by atoms with Crippen LogP contribution in [0.5, 0.6) is 0 Å². The molecule has 0 saturated heterocycles. The molecule has 1 atom stereocenters. The van der Waals surface area contributed by atoms with Crippen LogP contribution in [0.1, 0.15) is 35.2 Å². The molecule has 0 aliphatic carbocycles. The van der Waals surface area contributed by atoms with Gasteiger partial charge in [0, 0.05) is 19.2 Å². The number of nitrogens with zero attached hydrogens (tertiary/aromatic N) is 2. The first-order valence-electron chi connectivity index (χ1n) is 11.2. The van der Waals surface area contributed by atoms with Crippen LogP contribution in [-0.2, 0) is 25.8 Å². The van der Waals surface area contributed by atoms with Crippen LogP contribution in [0.25, 0.3) is 0 Å². The van der Waals surface area contributed by atoms with Crippen LogP contribution in [0.2, 0.25) is 0 Å². The van der Waals surface area contributed by atoms with Crippen LogP contribution in [0, 0.1) is 13.8 Å². The Labute approximate surface area is 200 Å². The summed E-state index contributed by atoms with van der Waals surface area (Å²) in [6.07, 6.45) is 0.746. The van der Waals surface area contributed by atoms with E-state index in [0.29, 0.717) is 6.54 Å². The average molecular weight is 477 g/mol. The number of amides is 2. The molecule has 3 aromatic rings. The van der Waals surface area contributed by atoms with Gasteiger partial charge in [-0.25, -0.2) is 8.42 Å². The summed E-state index contributed by atoms with van der Waals surface area (Å²) >= 11 is 0. The third-order valence-corrected chi connectivity index (χ3v) is 7.80. The molecule has 0 bridgehead atoms. The lowest BCUT2D eigenvalue weighted by atomic mass is 9.91. The van der Waals surface area contributed by atoms with E-state index in [2.05, 4.69) is 0 Å². The fraction of sp³-hybridized carbons (Fsp3) is 0.259. The Hall–Kier alpha value is -3.45. The summed E-state index contributed by atoms with van der Waals surface area (Å²) in [6, 6.07) is 21.1. The van der Waals surface area contributed by atoms with Gasteiger partial charge in [-0.3, -0.25) is 14.5 Å². The first-order chi connectivity index (χ1) is 16.2. The Kier molecular flexibility index (Phi) is 6.57. The summed E-state index contributed by atoms with van der Waals surface area (Å²) in [7, 11) is -3.90. The van der Waals surface area contributed by atoms with E-state index in [1.807, 2.05) is 67.3 Å². The summed E-state index contributed by atoms with van der Waals surface area (Å²) in [5, 5.41) is 0. The molecule has 0 spiro atoms. The molecule has 0 saturated carbocycles. The molecule has 1 aliphatic rings. The van der Waals surface area contributed by atoms with Crippen molar-refractivity contribution >= 4 is 27.3 Å². The second kappa shape index (κ2) is 9.43. The number of benzene rings is 3. The van der Waals surface area contributed by atoms with Crippen molar-refractivity contribution in [1.29, 1.82) is 0 Å². The van der Waals surface area contributed by atoms with E-state index in [4.69, 9.17) is 0 Å². The first kappa shape index (κ1) is 23.7. The van der Waals surface area contributed by atoms with Crippen LogP contribution in [-0.4, -0.2) is 37.6 Å². The number of anilines is 1. The van der Waals surface area contributed by atoms with Crippen molar-refractivity contribution in [2.45, 2.75) is 38.1 Å². The highest BCUT2D eigenvalue weighted by atomic mass is 32.2. The van der Waals surface area contributed by atoms with Crippen molar-refractivity contribution in [2.24, 2.45) is 0 Å². The molecule has 1 aliphatic heterocycles. The molecule has 4 rings (SSSR count). The highest BCUT2D eigenvalue weighted by Crippen LogP contribution is 2.35. The summed E-state index contributed by atoms with van der Waals surface area (Å²) in [5.41, 5.74) is 4.68. The Bertz CT molecular complexity index is 1320. The number of aryl methyl sites for hydroxylation is 2. The van der Waals surface area contributed by atoms with Gasteiger partial charge < -0.3 is 4.90 Å². The Balaban J connectivity index is 1.74. The maximum absolute atomic E-state index is 13.9. The number of carbonyl (C=O) groups excluding carboxylic acids is 2. The van der Waals surface area contributed by atoms with Gasteiger partial charge in [0.2, 0.25) is 5.91 Å². The molecule has 7 heteroatoms. The van der Waals surface area contributed by atoms with Gasteiger partial charge in [0.1, 0.15) is 11.9 Å². The molecule has 34 heavy (non-hydrogen) atoms. The van der Waals surface area contributed by atoms with E-state index in [0.717, 1.165) is 39.3 Å². The standard InChI is InChI=1S/C27H28N2O4S/c1-19-8-12-23(13-9-19)28-17-16-22-6-4-5-7-25(22)26(28)27(31)29(21(3)30)18-34(32,33)24-14-10-20(2)11-15-24/h4-15,26H,16-18H2,1-3H3. The minimum Gasteiger partial charge on any atom is -0.356 e. The van der Waals surface area contributed by atoms with E-state index in [1.165, 1.54) is 19.1 Å². The summed E-state index contributed by atoms with van der Waals surface area (Å²) in [4.78, 5) is 29.4. The fourth-order valence-electron chi connectivity index (χ4n) is 4.29. The number of hydrogen-bond donors (Lipinski definition) is 0. The average Bonchev–Trinajstić information content (AvgIpc) is 2.82. The van der Waals surface area contributed by atoms with E-state index < -0.39 is 33.6 Å². The lowest BCUT2D eigenvalue weighted by Gasteiger charge is -2.39. The fourth-order valence-corrected chi connectivity index (χ4v) is 5.64. The smallest absolute Gasteiger partial charge is 0.257 e. The maximum Gasteiger partial charge on any atom is 0.257 e. The molecule has 1 unspecified atom stereocenters. The highest BCUT2D eigenvalue weighted by molar-refractivity contribution is 7.91.